The third-order valence-corrected chi connectivity index (χ3v) is 18.6. The molecule has 756 valence electrons. The molecule has 0 saturated carbocycles. The Labute approximate surface area is 777 Å². The first-order valence-electron chi connectivity index (χ1n) is 40.1. The van der Waals surface area contributed by atoms with Crippen molar-refractivity contribution >= 4 is 73.3 Å². The number of nitrogens with one attached hydrogen (secondary N) is 1. The molecule has 0 spiro atoms. The number of rotatable bonds is 68. The van der Waals surface area contributed by atoms with E-state index in [1.54, 1.807) is 117 Å². The van der Waals surface area contributed by atoms with Gasteiger partial charge in [0.05, 0.1) is 136 Å². The van der Waals surface area contributed by atoms with Crippen LogP contribution in [0.1, 0.15) is 76.1 Å². The molecule has 4 rings (SSSR count). The number of carboxylic acid groups (broad SMARTS) is 1. The summed E-state index contributed by atoms with van der Waals surface area (Å²) >= 11 is 5.59. The summed E-state index contributed by atoms with van der Waals surface area (Å²) in [6.07, 6.45) is 2.57. The van der Waals surface area contributed by atoms with E-state index in [-0.39, 0.29) is 102 Å². The molecule has 0 aliphatic carbocycles. The number of esters is 1. The smallest absolute Gasteiger partial charge is 0.487 e. The maximum Gasteiger partial charge on any atom is 0.500 e. The Morgan fingerprint density at radius 2 is 0.569 bits per heavy atom. The zero-order valence-electron chi connectivity index (χ0n) is 78.0. The number of aliphatic hydroxyl groups excluding tert-OH is 1. The van der Waals surface area contributed by atoms with Gasteiger partial charge in [-0.1, -0.05) is 7.43 Å². The van der Waals surface area contributed by atoms with Crippen molar-refractivity contribution in [1.29, 1.82) is 0 Å². The number of aromatic carboxylic acids is 1. The summed E-state index contributed by atoms with van der Waals surface area (Å²) in [5.74, 6) is 2.34. The average Bonchev–Trinajstić information content (AvgIpc) is 0.828. The van der Waals surface area contributed by atoms with E-state index in [0.29, 0.717) is 226 Å². The quantitative estimate of drug-likeness (QED) is 0.0123. The molecule has 0 fully saturated rings. The fourth-order valence-corrected chi connectivity index (χ4v) is 12.2. The van der Waals surface area contributed by atoms with E-state index in [4.69, 9.17) is 148 Å². The van der Waals surface area contributed by atoms with Gasteiger partial charge in [-0.25, -0.2) is 18.0 Å². The third-order valence-electron chi connectivity index (χ3n) is 14.7. The van der Waals surface area contributed by atoms with Crippen LogP contribution in [0, 0.1) is 0 Å². The number of carboxylic acids is 1. The van der Waals surface area contributed by atoms with Crippen molar-refractivity contribution in [1.82, 2.24) is 5.32 Å². The van der Waals surface area contributed by atoms with Crippen molar-refractivity contribution in [3.05, 3.63) is 70.8 Å². The van der Waals surface area contributed by atoms with Gasteiger partial charge in [0.1, 0.15) is 79.3 Å². The SMILES string of the molecule is C.CCO[Si](CCCNC(=O)c1cc(OCCOC)c(OCCOC)c(OCCOC)c1)(OCC)OCC.COCCO.COCCOS(C)(=O)=O.COCCOc1cc(C(=O)Cl)cc(OCCOC)c1OCCOC.COCCOc1cc(C(=O)O)cc(OCCOC)c1OCCOC.COCCOc1cc(C(=O)OC)cc(OCCOC)c1OCCOC.CS(=O)(=O)Cl. The molecule has 0 radical (unpaired) electrons. The maximum atomic E-state index is 13.1. The molecule has 47 heteroatoms. The number of halogens is 2. The zero-order chi connectivity index (χ0) is 97.4. The Morgan fingerprint density at radius 3 is 0.769 bits per heavy atom. The first-order chi connectivity index (χ1) is 61.9. The van der Waals surface area contributed by atoms with Crippen LogP contribution in [0.5, 0.6) is 69.0 Å². The summed E-state index contributed by atoms with van der Waals surface area (Å²) in [5, 5.41) is 19.5. The number of ether oxygens (including phenoxy) is 27. The van der Waals surface area contributed by atoms with Gasteiger partial charge in [0.25, 0.3) is 21.3 Å². The number of methoxy groups -OCH3 is 15. The fourth-order valence-electron chi connectivity index (χ4n) is 9.10. The highest BCUT2D eigenvalue weighted by atomic mass is 35.7. The molecule has 0 unspecified atom stereocenters. The normalized spacial score (nSPS) is 10.7. The molecule has 3 N–H and O–H groups in total. The monoisotopic (exact) mass is 1970 g/mol. The van der Waals surface area contributed by atoms with Crippen molar-refractivity contribution < 1.29 is 192 Å². The minimum Gasteiger partial charge on any atom is -0.487 e. The Balaban J connectivity index is -0.000000768. The summed E-state index contributed by atoms with van der Waals surface area (Å²) in [6.45, 7) is 16.6. The van der Waals surface area contributed by atoms with Gasteiger partial charge in [-0.15, -0.1) is 0 Å². The topological polar surface area (TPSA) is 475 Å². The van der Waals surface area contributed by atoms with Crippen LogP contribution in [0.2, 0.25) is 6.04 Å². The predicted octanol–water partition coefficient (Wildman–Crippen LogP) is 8.14. The molecular weight excluding hydrogens is 1830 g/mol. The van der Waals surface area contributed by atoms with E-state index in [1.165, 1.54) is 38.5 Å². The number of hydrogen-bond donors (Lipinski definition) is 3. The molecule has 0 aromatic heterocycles. The van der Waals surface area contributed by atoms with Crippen LogP contribution < -0.4 is 62.2 Å². The third kappa shape index (κ3) is 65.2. The highest BCUT2D eigenvalue weighted by Gasteiger charge is 2.40. The van der Waals surface area contributed by atoms with Crippen LogP contribution in [0.15, 0.2) is 48.5 Å². The highest BCUT2D eigenvalue weighted by molar-refractivity contribution is 8.13. The van der Waals surface area contributed by atoms with Gasteiger partial charge >= 0.3 is 20.7 Å². The summed E-state index contributed by atoms with van der Waals surface area (Å²) in [4.78, 5) is 47.8. The second kappa shape index (κ2) is 84.5. The van der Waals surface area contributed by atoms with Crippen molar-refractivity contribution in [2.24, 2.45) is 0 Å². The standard InChI is InChI=1S/C25H45NO10Si.C17H26O8.C16H23ClO7.C16H24O8.C4H10O4S.C3H8O2.CH3ClO2S.CH4/c1-7-34-37(35-8-2,36-9-3)18-10-11-26-25(27)21-19-22(31-15-12-28-4)24(33-17-14-30-6)23(20-21)32-16-13-29-5;1-19-5-8-23-14-11-13(17(18)22-4)12-15(24-9-6-20-2)16(14)25-10-7-21-3;2*1-19-4-7-22-13-10-12(16(17)18)11-14(23-8-5-20-2)15(13)24-9-6-21-3;1-7-3-4-8-9(2,5)6;1-5-3-2-4;1-5(2,3)4;/h19-20H,7-18H2,1-6H3,(H,26,27);11-12H,5-10H2,1-4H3;10-11H,4-9H2,1-3H3;10-11H,4-9H2,1-3H3,(H,17,18);3-4H2,1-2H3;4H,2-3H2,1H3;1H3;1H4. The van der Waals surface area contributed by atoms with Crippen LogP contribution in [0.3, 0.4) is 0 Å². The highest BCUT2D eigenvalue weighted by Crippen LogP contribution is 2.43. The molecule has 4 aromatic carbocycles. The molecule has 4 aromatic rings. The number of benzene rings is 4. The number of aliphatic hydroxyl groups is 1. The lowest BCUT2D eigenvalue weighted by Gasteiger charge is -2.28. The van der Waals surface area contributed by atoms with E-state index in [0.717, 1.165) is 12.5 Å². The fraction of sp³-hybridized carbons (Fsp3) is 0.663. The summed E-state index contributed by atoms with van der Waals surface area (Å²) < 4.78 is 203. The molecule has 0 saturated heterocycles. The number of amides is 1. The van der Waals surface area contributed by atoms with E-state index in [2.05, 4.69) is 29.7 Å². The van der Waals surface area contributed by atoms with Gasteiger partial charge in [-0.3, -0.25) is 13.8 Å². The minimum atomic E-state index is -3.28. The summed E-state index contributed by atoms with van der Waals surface area (Å²) in [7, 11) is 18.5. The van der Waals surface area contributed by atoms with Gasteiger partial charge in [-0.2, -0.15) is 8.42 Å². The Kier molecular flexibility index (Phi) is 83.7. The second-order valence-corrected chi connectivity index (χ2v) is 32.4. The molecule has 0 bridgehead atoms. The van der Waals surface area contributed by atoms with Crippen LogP contribution >= 0.6 is 22.3 Å². The van der Waals surface area contributed by atoms with Crippen LogP contribution in [0.4, 0.5) is 0 Å². The lowest BCUT2D eigenvalue weighted by Crippen LogP contribution is -2.46. The lowest BCUT2D eigenvalue weighted by atomic mass is 10.1. The van der Waals surface area contributed by atoms with E-state index < -0.39 is 45.2 Å². The Hall–Kier alpha value is -7.50. The first-order valence-corrected chi connectivity index (χ1v) is 46.9. The molecule has 0 heterocycles. The predicted molar refractivity (Wildman–Crippen MR) is 484 cm³/mol. The second-order valence-electron chi connectivity index (χ2n) is 24.6. The molecule has 0 atom stereocenters. The molecule has 0 aliphatic heterocycles. The molecule has 42 nitrogen and oxygen atoms in total. The summed E-state index contributed by atoms with van der Waals surface area (Å²) in [6, 6.07) is 12.8. The Morgan fingerprint density at radius 1 is 0.346 bits per heavy atom. The van der Waals surface area contributed by atoms with Crippen molar-refractivity contribution in [2.75, 3.05) is 331 Å². The maximum absolute atomic E-state index is 13.1. The van der Waals surface area contributed by atoms with Gasteiger partial charge in [0.2, 0.25) is 32.0 Å². The van der Waals surface area contributed by atoms with Gasteiger partial charge < -0.3 is 157 Å². The zero-order valence-corrected chi connectivity index (χ0v) is 82.2. The largest absolute Gasteiger partial charge is 0.500 e. The molecule has 130 heavy (non-hydrogen) atoms. The first kappa shape index (κ1) is 129. The van der Waals surface area contributed by atoms with Gasteiger partial charge in [-0.05, 0) is 87.3 Å². The van der Waals surface area contributed by atoms with Crippen LogP contribution in [0.25, 0.3) is 0 Å². The lowest BCUT2D eigenvalue weighted by molar-refractivity contribution is 0.0597. The number of carbonyl (C=O) groups excluding carboxylic acids is 3. The van der Waals surface area contributed by atoms with Crippen molar-refractivity contribution in [2.45, 2.75) is 40.7 Å². The van der Waals surface area contributed by atoms with Crippen molar-refractivity contribution in [3.63, 3.8) is 0 Å². The van der Waals surface area contributed by atoms with Crippen LogP contribution in [-0.4, -0.2) is 389 Å². The summed E-state index contributed by atoms with van der Waals surface area (Å²) in [5.41, 5.74) is 0.952. The van der Waals surface area contributed by atoms with Crippen molar-refractivity contribution in [3.8, 4) is 69.0 Å². The molecule has 1 amide bonds. The molecular formula is C83H143Cl2NO41S2Si. The number of carbonyl (C=O) groups is 4. The van der Waals surface area contributed by atoms with E-state index >= 15 is 0 Å². The minimum absolute atomic E-state index is 0. The number of hydrogen-bond acceptors (Lipinski definition) is 40. The average molecular weight is 1970 g/mol. The molecule has 0 aliphatic rings. The van der Waals surface area contributed by atoms with E-state index in [9.17, 15) is 41.1 Å². The van der Waals surface area contributed by atoms with Crippen LogP contribution in [-0.2, 0) is 108 Å². The van der Waals surface area contributed by atoms with E-state index in [1.807, 2.05) is 20.8 Å². The Bertz CT molecular complexity index is 3510. The van der Waals surface area contributed by atoms with Gasteiger partial charge in [0, 0.05) is 154 Å². The van der Waals surface area contributed by atoms with Gasteiger partial charge in [0.15, 0.2) is 46.0 Å².